The van der Waals surface area contributed by atoms with Crippen LogP contribution < -0.4 is 5.32 Å². The summed E-state index contributed by atoms with van der Waals surface area (Å²) in [4.78, 5) is 0. The first-order valence-corrected chi connectivity index (χ1v) is 7.42. The molecule has 0 spiro atoms. The molecule has 2 saturated carbocycles. The van der Waals surface area contributed by atoms with Crippen molar-refractivity contribution in [1.29, 1.82) is 0 Å². The predicted octanol–water partition coefficient (Wildman–Crippen LogP) is 3.81. The minimum absolute atomic E-state index is 0.120. The highest BCUT2D eigenvalue weighted by atomic mass is 16.3. The second-order valence-electron chi connectivity index (χ2n) is 7.35. The van der Waals surface area contributed by atoms with Gasteiger partial charge < -0.3 is 10.4 Å². The normalized spacial score (nSPS) is 35.6. The van der Waals surface area contributed by atoms with Crippen LogP contribution >= 0.6 is 0 Å². The molecule has 0 saturated heterocycles. The molecule has 104 valence electrons. The maximum atomic E-state index is 9.10. The molecule has 2 bridgehead atoms. The quantitative estimate of drug-likeness (QED) is 0.865. The molecule has 2 aliphatic rings. The number of anilines is 1. The zero-order chi connectivity index (χ0) is 13.7. The van der Waals surface area contributed by atoms with E-state index >= 15 is 0 Å². The fourth-order valence-electron chi connectivity index (χ4n) is 4.54. The molecule has 0 amide bonds. The van der Waals surface area contributed by atoms with E-state index in [9.17, 15) is 0 Å². The van der Waals surface area contributed by atoms with Gasteiger partial charge in [-0.15, -0.1) is 0 Å². The fraction of sp³-hybridized carbons (Fsp3) is 0.647. The first-order chi connectivity index (χ1) is 8.95. The van der Waals surface area contributed by atoms with E-state index < -0.39 is 0 Å². The van der Waals surface area contributed by atoms with Crippen molar-refractivity contribution in [2.75, 3.05) is 5.32 Å². The Labute approximate surface area is 116 Å². The lowest BCUT2D eigenvalue weighted by atomic mass is 9.68. The largest absolute Gasteiger partial charge is 0.392 e. The lowest BCUT2D eigenvalue weighted by molar-refractivity contribution is 0.155. The van der Waals surface area contributed by atoms with E-state index in [1.54, 1.807) is 0 Å². The van der Waals surface area contributed by atoms with Gasteiger partial charge in [-0.2, -0.15) is 0 Å². The van der Waals surface area contributed by atoms with Crippen LogP contribution in [0.3, 0.4) is 0 Å². The van der Waals surface area contributed by atoms with Crippen LogP contribution in [0, 0.1) is 16.7 Å². The molecule has 19 heavy (non-hydrogen) atoms. The minimum atomic E-state index is 0.120. The molecule has 2 aliphatic carbocycles. The summed E-state index contributed by atoms with van der Waals surface area (Å²) in [6.07, 6.45) is 4.12. The summed E-state index contributed by atoms with van der Waals surface area (Å²) in [7, 11) is 0. The Morgan fingerprint density at radius 2 is 1.89 bits per heavy atom. The van der Waals surface area contributed by atoms with Gasteiger partial charge in [-0.1, -0.05) is 32.9 Å². The number of aliphatic hydroxyl groups is 1. The zero-order valence-corrected chi connectivity index (χ0v) is 12.2. The molecule has 0 aromatic heterocycles. The molecular weight excluding hydrogens is 234 g/mol. The lowest BCUT2D eigenvalue weighted by Gasteiger charge is -2.43. The number of nitrogens with one attached hydrogen (secondary N) is 1. The molecule has 1 aromatic rings. The highest BCUT2D eigenvalue weighted by Crippen LogP contribution is 2.63. The van der Waals surface area contributed by atoms with E-state index in [1.807, 2.05) is 12.1 Å². The third-order valence-corrected chi connectivity index (χ3v) is 5.72. The van der Waals surface area contributed by atoms with Crippen LogP contribution in [0.25, 0.3) is 0 Å². The van der Waals surface area contributed by atoms with Crippen molar-refractivity contribution >= 4 is 5.69 Å². The van der Waals surface area contributed by atoms with Crippen molar-refractivity contribution in [2.24, 2.45) is 16.7 Å². The monoisotopic (exact) mass is 259 g/mol. The summed E-state index contributed by atoms with van der Waals surface area (Å²) in [5, 5.41) is 12.9. The summed E-state index contributed by atoms with van der Waals surface area (Å²) in [5.74, 6) is 0.867. The van der Waals surface area contributed by atoms with E-state index in [0.29, 0.717) is 16.9 Å². The second-order valence-corrected chi connectivity index (χ2v) is 7.35. The minimum Gasteiger partial charge on any atom is -0.392 e. The average molecular weight is 259 g/mol. The van der Waals surface area contributed by atoms with Gasteiger partial charge in [0.15, 0.2) is 0 Å². The van der Waals surface area contributed by atoms with Crippen LogP contribution in [0.1, 0.15) is 45.6 Å². The predicted molar refractivity (Wildman–Crippen MR) is 79.0 cm³/mol. The van der Waals surface area contributed by atoms with Crippen molar-refractivity contribution in [1.82, 2.24) is 0 Å². The molecule has 1 unspecified atom stereocenters. The van der Waals surface area contributed by atoms with Gasteiger partial charge in [0.1, 0.15) is 0 Å². The molecule has 0 radical (unpaired) electrons. The van der Waals surface area contributed by atoms with E-state index in [1.165, 1.54) is 24.9 Å². The lowest BCUT2D eigenvalue weighted by Crippen LogP contribution is -2.45. The van der Waals surface area contributed by atoms with Crippen molar-refractivity contribution in [2.45, 2.75) is 52.7 Å². The highest BCUT2D eigenvalue weighted by Gasteiger charge is 2.59. The summed E-state index contributed by atoms with van der Waals surface area (Å²) < 4.78 is 0. The molecule has 2 nitrogen and oxygen atoms in total. The van der Waals surface area contributed by atoms with Crippen LogP contribution in [0.4, 0.5) is 5.69 Å². The summed E-state index contributed by atoms with van der Waals surface area (Å²) in [6, 6.07) is 8.75. The number of hydrogen-bond donors (Lipinski definition) is 2. The SMILES string of the molecule is CC1(C)C(Nc2ccc(CO)cc2)[C@]2(C)CC[C@H]1C2. The Morgan fingerprint density at radius 3 is 2.42 bits per heavy atom. The molecule has 0 aliphatic heterocycles. The summed E-state index contributed by atoms with van der Waals surface area (Å²) in [6.45, 7) is 7.40. The summed E-state index contributed by atoms with van der Waals surface area (Å²) >= 11 is 0. The van der Waals surface area contributed by atoms with Gasteiger partial charge in [0.25, 0.3) is 0 Å². The maximum absolute atomic E-state index is 9.10. The van der Waals surface area contributed by atoms with Crippen LogP contribution in [0.15, 0.2) is 24.3 Å². The zero-order valence-electron chi connectivity index (χ0n) is 12.2. The number of benzene rings is 1. The van der Waals surface area contributed by atoms with Gasteiger partial charge >= 0.3 is 0 Å². The Kier molecular flexibility index (Phi) is 2.90. The van der Waals surface area contributed by atoms with Crippen molar-refractivity contribution in [3.8, 4) is 0 Å². The smallest absolute Gasteiger partial charge is 0.0681 e. The second kappa shape index (κ2) is 4.24. The van der Waals surface area contributed by atoms with Crippen LogP contribution in [0.2, 0.25) is 0 Å². The molecule has 1 aromatic carbocycles. The third kappa shape index (κ3) is 1.97. The highest BCUT2D eigenvalue weighted by molar-refractivity contribution is 5.47. The van der Waals surface area contributed by atoms with E-state index in [0.717, 1.165) is 11.5 Å². The Bertz CT molecular complexity index is 460. The fourth-order valence-corrected chi connectivity index (χ4v) is 4.54. The first-order valence-electron chi connectivity index (χ1n) is 7.42. The van der Waals surface area contributed by atoms with Gasteiger partial charge in [-0.3, -0.25) is 0 Å². The van der Waals surface area contributed by atoms with Gasteiger partial charge in [-0.25, -0.2) is 0 Å². The van der Waals surface area contributed by atoms with Crippen molar-refractivity contribution in [3.05, 3.63) is 29.8 Å². The molecule has 3 rings (SSSR count). The van der Waals surface area contributed by atoms with Gasteiger partial charge in [-0.05, 0) is 53.7 Å². The number of rotatable bonds is 3. The van der Waals surface area contributed by atoms with Crippen molar-refractivity contribution in [3.63, 3.8) is 0 Å². The van der Waals surface area contributed by atoms with Gasteiger partial charge in [0.05, 0.1) is 6.61 Å². The van der Waals surface area contributed by atoms with Gasteiger partial charge in [0.2, 0.25) is 0 Å². The maximum Gasteiger partial charge on any atom is 0.0681 e. The van der Waals surface area contributed by atoms with Crippen LogP contribution in [-0.2, 0) is 6.61 Å². The standard InChI is InChI=1S/C17H25NO/c1-16(2)13-8-9-17(3,10-13)15(16)18-14-6-4-12(11-19)5-7-14/h4-7,13,15,18-19H,8-11H2,1-3H3/t13-,15?,17+/m0/s1. The van der Waals surface area contributed by atoms with Crippen LogP contribution in [0.5, 0.6) is 0 Å². The Balaban J connectivity index is 1.82. The van der Waals surface area contributed by atoms with E-state index in [-0.39, 0.29) is 6.61 Å². The number of fused-ring (bicyclic) bond motifs is 2. The van der Waals surface area contributed by atoms with E-state index in [2.05, 4.69) is 38.2 Å². The summed E-state index contributed by atoms with van der Waals surface area (Å²) in [5.41, 5.74) is 2.99. The first kappa shape index (κ1) is 13.0. The molecule has 2 N–H and O–H groups in total. The van der Waals surface area contributed by atoms with Crippen LogP contribution in [-0.4, -0.2) is 11.1 Å². The molecule has 0 heterocycles. The number of aliphatic hydroxyl groups excluding tert-OH is 1. The number of hydrogen-bond acceptors (Lipinski definition) is 2. The topological polar surface area (TPSA) is 32.3 Å². The Morgan fingerprint density at radius 1 is 1.21 bits per heavy atom. The van der Waals surface area contributed by atoms with Crippen molar-refractivity contribution < 1.29 is 5.11 Å². The van der Waals surface area contributed by atoms with Gasteiger partial charge in [0, 0.05) is 11.7 Å². The molecular formula is C17H25NO. The molecule has 2 fully saturated rings. The third-order valence-electron chi connectivity index (χ3n) is 5.72. The Hall–Kier alpha value is -1.02. The average Bonchev–Trinajstić information content (AvgIpc) is 2.87. The molecule has 3 atom stereocenters. The van der Waals surface area contributed by atoms with E-state index in [4.69, 9.17) is 5.11 Å². The molecule has 2 heteroatoms.